The quantitative estimate of drug-likeness (QED) is 0.834. The molecule has 2 saturated heterocycles. The largest absolute Gasteiger partial charge is 0.341 e. The first-order chi connectivity index (χ1) is 13.2. The van der Waals surface area contributed by atoms with Gasteiger partial charge in [0, 0.05) is 38.1 Å². The van der Waals surface area contributed by atoms with Crippen molar-refractivity contribution < 1.29 is 9.59 Å². The van der Waals surface area contributed by atoms with Crippen molar-refractivity contribution in [2.24, 2.45) is 0 Å². The number of piperidine rings is 1. The van der Waals surface area contributed by atoms with Crippen LogP contribution >= 0.6 is 0 Å². The van der Waals surface area contributed by atoms with E-state index in [0.717, 1.165) is 44.3 Å². The summed E-state index contributed by atoms with van der Waals surface area (Å²) in [6.07, 6.45) is 9.56. The number of carbonyl (C=O) groups is 2. The number of hydrogen-bond acceptors (Lipinski definition) is 3. The fourth-order valence-electron chi connectivity index (χ4n) is 4.27. The molecule has 0 N–H and O–H groups in total. The lowest BCUT2D eigenvalue weighted by Gasteiger charge is -2.36. The zero-order chi connectivity index (χ0) is 18.6. The van der Waals surface area contributed by atoms with E-state index in [2.05, 4.69) is 9.55 Å². The van der Waals surface area contributed by atoms with E-state index in [-0.39, 0.29) is 17.9 Å². The van der Waals surface area contributed by atoms with Gasteiger partial charge in [0.2, 0.25) is 11.8 Å². The van der Waals surface area contributed by atoms with Crippen molar-refractivity contribution in [1.82, 2.24) is 19.4 Å². The lowest BCUT2D eigenvalue weighted by atomic mass is 10.0. The Morgan fingerprint density at radius 1 is 1.04 bits per heavy atom. The Labute approximate surface area is 159 Å². The van der Waals surface area contributed by atoms with Gasteiger partial charge in [-0.25, -0.2) is 4.98 Å². The molecule has 2 fully saturated rings. The lowest BCUT2D eigenvalue weighted by Crippen LogP contribution is -2.50. The normalized spacial score (nSPS) is 20.8. The Kier molecular flexibility index (Phi) is 5.23. The summed E-state index contributed by atoms with van der Waals surface area (Å²) in [6.45, 7) is 2.19. The second-order valence-electron chi connectivity index (χ2n) is 7.47. The highest BCUT2D eigenvalue weighted by Gasteiger charge is 2.37. The zero-order valence-corrected chi connectivity index (χ0v) is 15.5. The second-order valence-corrected chi connectivity index (χ2v) is 7.47. The molecule has 142 valence electrons. The molecule has 3 heterocycles. The van der Waals surface area contributed by atoms with Gasteiger partial charge in [0.05, 0.1) is 12.7 Å². The van der Waals surface area contributed by atoms with Crippen molar-refractivity contribution in [3.8, 4) is 0 Å². The number of benzene rings is 1. The SMILES string of the molecule is O=C(C1CCCN1C(=O)Cc1ccccc1)N1CCC(n2ccnc2)CC1. The van der Waals surface area contributed by atoms with E-state index < -0.39 is 0 Å². The molecule has 2 amide bonds. The van der Waals surface area contributed by atoms with Gasteiger partial charge in [-0.15, -0.1) is 0 Å². The highest BCUT2D eigenvalue weighted by atomic mass is 16.2. The van der Waals surface area contributed by atoms with Crippen molar-refractivity contribution in [3.05, 3.63) is 54.6 Å². The highest BCUT2D eigenvalue weighted by molar-refractivity contribution is 5.89. The second kappa shape index (κ2) is 7.94. The van der Waals surface area contributed by atoms with Gasteiger partial charge in [0.25, 0.3) is 0 Å². The first-order valence-electron chi connectivity index (χ1n) is 9.82. The maximum absolute atomic E-state index is 13.1. The summed E-state index contributed by atoms with van der Waals surface area (Å²) < 4.78 is 2.13. The molecule has 0 bridgehead atoms. The number of likely N-dealkylation sites (tertiary alicyclic amines) is 2. The molecule has 0 aliphatic carbocycles. The summed E-state index contributed by atoms with van der Waals surface area (Å²) in [6, 6.07) is 9.89. The topological polar surface area (TPSA) is 58.4 Å². The fourth-order valence-corrected chi connectivity index (χ4v) is 4.27. The maximum Gasteiger partial charge on any atom is 0.245 e. The van der Waals surface area contributed by atoms with Crippen molar-refractivity contribution >= 4 is 11.8 Å². The fraction of sp³-hybridized carbons (Fsp3) is 0.476. The molecule has 2 aliphatic heterocycles. The summed E-state index contributed by atoms with van der Waals surface area (Å²) >= 11 is 0. The van der Waals surface area contributed by atoms with Crippen LogP contribution in [0.2, 0.25) is 0 Å². The highest BCUT2D eigenvalue weighted by Crippen LogP contribution is 2.26. The predicted molar refractivity (Wildman–Crippen MR) is 102 cm³/mol. The minimum absolute atomic E-state index is 0.0605. The Morgan fingerprint density at radius 2 is 1.81 bits per heavy atom. The molecule has 6 nitrogen and oxygen atoms in total. The van der Waals surface area contributed by atoms with Gasteiger partial charge in [-0.3, -0.25) is 9.59 Å². The van der Waals surface area contributed by atoms with E-state index >= 15 is 0 Å². The molecule has 0 radical (unpaired) electrons. The number of imidazole rings is 1. The molecule has 2 aliphatic rings. The van der Waals surface area contributed by atoms with E-state index in [1.54, 1.807) is 11.1 Å². The molecule has 1 aromatic carbocycles. The first-order valence-corrected chi connectivity index (χ1v) is 9.82. The number of rotatable bonds is 4. The standard InChI is InChI=1S/C21H26N4O2/c26-20(15-17-5-2-1-3-6-17)25-11-4-7-19(25)21(27)23-12-8-18(9-13-23)24-14-10-22-16-24/h1-3,5-6,10,14,16,18-19H,4,7-9,11-13,15H2. The Balaban J connectivity index is 1.36. The Hall–Kier alpha value is -2.63. The van der Waals surface area contributed by atoms with Crippen LogP contribution in [-0.4, -0.2) is 56.8 Å². The van der Waals surface area contributed by atoms with Crippen molar-refractivity contribution in [3.63, 3.8) is 0 Å². The van der Waals surface area contributed by atoms with E-state index in [9.17, 15) is 9.59 Å². The molecule has 0 saturated carbocycles. The maximum atomic E-state index is 13.1. The van der Waals surface area contributed by atoms with Gasteiger partial charge in [-0.1, -0.05) is 30.3 Å². The van der Waals surface area contributed by atoms with Crippen molar-refractivity contribution in [2.45, 2.75) is 44.2 Å². The van der Waals surface area contributed by atoms with Crippen LogP contribution in [-0.2, 0) is 16.0 Å². The van der Waals surface area contributed by atoms with E-state index in [4.69, 9.17) is 0 Å². The minimum Gasteiger partial charge on any atom is -0.341 e. The van der Waals surface area contributed by atoms with Gasteiger partial charge < -0.3 is 14.4 Å². The number of hydrogen-bond donors (Lipinski definition) is 0. The lowest BCUT2D eigenvalue weighted by molar-refractivity contribution is -0.144. The zero-order valence-electron chi connectivity index (χ0n) is 15.5. The number of aromatic nitrogens is 2. The van der Waals surface area contributed by atoms with Gasteiger partial charge in [-0.05, 0) is 31.2 Å². The summed E-state index contributed by atoms with van der Waals surface area (Å²) in [5.74, 6) is 0.184. The smallest absolute Gasteiger partial charge is 0.245 e. The number of carbonyl (C=O) groups excluding carboxylic acids is 2. The number of nitrogens with zero attached hydrogens (tertiary/aromatic N) is 4. The molecule has 4 rings (SSSR count). The van der Waals surface area contributed by atoms with Crippen LogP contribution in [0.25, 0.3) is 0 Å². The van der Waals surface area contributed by atoms with E-state index in [1.165, 1.54) is 0 Å². The summed E-state index contributed by atoms with van der Waals surface area (Å²) in [4.78, 5) is 33.7. The third kappa shape index (κ3) is 3.89. The van der Waals surface area contributed by atoms with E-state index in [1.807, 2.05) is 47.8 Å². The molecular weight excluding hydrogens is 340 g/mol. The van der Waals surface area contributed by atoms with Crippen LogP contribution in [0.3, 0.4) is 0 Å². The predicted octanol–water partition coefficient (Wildman–Crippen LogP) is 2.28. The molecule has 1 atom stereocenters. The van der Waals surface area contributed by atoms with Gasteiger partial charge in [0.1, 0.15) is 6.04 Å². The molecule has 1 aromatic heterocycles. The molecular formula is C21H26N4O2. The van der Waals surface area contributed by atoms with Crippen LogP contribution in [0, 0.1) is 0 Å². The van der Waals surface area contributed by atoms with Crippen LogP contribution in [0.5, 0.6) is 0 Å². The summed E-state index contributed by atoms with van der Waals surface area (Å²) in [5, 5.41) is 0. The minimum atomic E-state index is -0.286. The third-order valence-corrected chi connectivity index (χ3v) is 5.78. The van der Waals surface area contributed by atoms with E-state index in [0.29, 0.717) is 19.0 Å². The summed E-state index contributed by atoms with van der Waals surface area (Å²) in [5.41, 5.74) is 1.00. The molecule has 27 heavy (non-hydrogen) atoms. The van der Waals surface area contributed by atoms with Gasteiger partial charge in [-0.2, -0.15) is 0 Å². The first kappa shape index (κ1) is 17.8. The molecule has 2 aromatic rings. The number of amides is 2. The van der Waals surface area contributed by atoms with Crippen molar-refractivity contribution in [1.29, 1.82) is 0 Å². The molecule has 0 spiro atoms. The average molecular weight is 366 g/mol. The van der Waals surface area contributed by atoms with Crippen LogP contribution < -0.4 is 0 Å². The average Bonchev–Trinajstić information content (AvgIpc) is 3.40. The molecule has 6 heteroatoms. The van der Waals surface area contributed by atoms with Crippen LogP contribution in [0.4, 0.5) is 0 Å². The third-order valence-electron chi connectivity index (χ3n) is 5.78. The monoisotopic (exact) mass is 366 g/mol. The Bertz CT molecular complexity index is 767. The van der Waals surface area contributed by atoms with Crippen LogP contribution in [0.15, 0.2) is 49.1 Å². The molecule has 1 unspecified atom stereocenters. The van der Waals surface area contributed by atoms with Gasteiger partial charge >= 0.3 is 0 Å². The van der Waals surface area contributed by atoms with Gasteiger partial charge in [0.15, 0.2) is 0 Å². The Morgan fingerprint density at radius 3 is 2.52 bits per heavy atom. The van der Waals surface area contributed by atoms with Crippen molar-refractivity contribution in [2.75, 3.05) is 19.6 Å². The van der Waals surface area contributed by atoms with Crippen LogP contribution in [0.1, 0.15) is 37.3 Å². The summed E-state index contributed by atoms with van der Waals surface area (Å²) in [7, 11) is 0.